The fraction of sp³-hybridized carbons (Fsp3) is 0.625. The minimum atomic E-state index is 0.0258. The molecule has 2 aromatic rings. The van der Waals surface area contributed by atoms with E-state index in [1.807, 2.05) is 18.2 Å². The number of aldehydes is 1. The molecule has 0 bridgehead atoms. The number of ether oxygens (including phenoxy) is 1. The van der Waals surface area contributed by atoms with Crippen molar-refractivity contribution >= 4 is 46.8 Å². The number of para-hydroxylation sites is 1. The highest BCUT2D eigenvalue weighted by molar-refractivity contribution is 6.31. The van der Waals surface area contributed by atoms with Gasteiger partial charge in [0, 0.05) is 50.2 Å². The Bertz CT molecular complexity index is 1260. The Morgan fingerprint density at radius 2 is 1.48 bits per heavy atom. The van der Waals surface area contributed by atoms with Gasteiger partial charge in [-0.05, 0) is 69.5 Å². The first-order valence-electron chi connectivity index (χ1n) is 18.6. The molecule has 2 heterocycles. The maximum absolute atomic E-state index is 11.5. The Labute approximate surface area is 296 Å². The molecule has 1 aliphatic carbocycles. The number of nitrogens with zero attached hydrogens (tertiary/aromatic N) is 4. The summed E-state index contributed by atoms with van der Waals surface area (Å²) in [5.41, 5.74) is 4.36. The minimum absolute atomic E-state index is 0.0258. The second-order valence-corrected chi connectivity index (χ2v) is 13.9. The molecule has 0 N–H and O–H groups in total. The van der Waals surface area contributed by atoms with Gasteiger partial charge in [-0.25, -0.2) is 4.99 Å². The summed E-state index contributed by atoms with van der Waals surface area (Å²) in [6.07, 6.45) is 19.8. The molecule has 5 rings (SSSR count). The molecule has 0 spiro atoms. The third-order valence-electron chi connectivity index (χ3n) is 9.52. The van der Waals surface area contributed by atoms with Gasteiger partial charge in [0.1, 0.15) is 12.1 Å². The maximum Gasteiger partial charge on any atom is 0.305 e. The van der Waals surface area contributed by atoms with Crippen LogP contribution in [0.4, 0.5) is 17.1 Å². The molecule has 0 atom stereocenters. The first-order chi connectivity index (χ1) is 23.4. The highest BCUT2D eigenvalue weighted by Gasteiger charge is 2.26. The fourth-order valence-electron chi connectivity index (χ4n) is 6.26. The largest absolute Gasteiger partial charge is 0.465 e. The first kappa shape index (κ1) is 39.5. The number of carbonyl (C=O) groups is 2. The molecule has 0 aromatic heterocycles. The number of fused-ring (bicyclic) bond motifs is 2. The predicted octanol–water partition coefficient (Wildman–Crippen LogP) is 9.98. The molecular weight excluding hydrogens is 620 g/mol. The van der Waals surface area contributed by atoms with Crippen LogP contribution in [0.2, 0.25) is 5.02 Å². The van der Waals surface area contributed by atoms with Crippen LogP contribution >= 0.6 is 11.6 Å². The van der Waals surface area contributed by atoms with E-state index in [9.17, 15) is 4.79 Å². The van der Waals surface area contributed by atoms with Gasteiger partial charge in [0.25, 0.3) is 0 Å². The van der Waals surface area contributed by atoms with Crippen molar-refractivity contribution in [3.63, 3.8) is 0 Å². The number of amidine groups is 1. The standard InChI is InChI=1S/C19H21ClN4.C19H36O2.C2H4O/c1-22-9-11-24(12-10-22)19-15-5-3-4-6-17(15)23(2)18-8-7-14(20)13-16(18)21-19;1-2-3-4-5-6-7-8-9-10-11-12-16-19(20)21-17-18-14-13-15-18;1-2-3/h3-8,13H,9-12H2,1-2H3;18H,2-17H2,1H3;2H,1H3. The summed E-state index contributed by atoms with van der Waals surface area (Å²) in [6, 6.07) is 14.4. The molecule has 266 valence electrons. The fourth-order valence-corrected chi connectivity index (χ4v) is 6.43. The number of benzene rings is 2. The number of likely N-dealkylation sites (N-methyl/N-ethyl adjacent to an activating group) is 1. The van der Waals surface area contributed by atoms with Gasteiger partial charge in [-0.3, -0.25) is 4.79 Å². The van der Waals surface area contributed by atoms with Crippen LogP contribution in [-0.2, 0) is 14.3 Å². The van der Waals surface area contributed by atoms with E-state index < -0.39 is 0 Å². The van der Waals surface area contributed by atoms with Crippen LogP contribution in [-0.4, -0.2) is 74.8 Å². The molecular formula is C40H61ClN4O3. The Kier molecular flexibility index (Phi) is 18.7. The zero-order valence-electron chi connectivity index (χ0n) is 30.2. The second kappa shape index (κ2) is 22.7. The maximum atomic E-state index is 11.5. The lowest BCUT2D eigenvalue weighted by atomic mass is 9.86. The lowest BCUT2D eigenvalue weighted by Gasteiger charge is -2.35. The van der Waals surface area contributed by atoms with Gasteiger partial charge in [0.05, 0.1) is 23.7 Å². The Morgan fingerprint density at radius 1 is 0.875 bits per heavy atom. The average Bonchev–Trinajstić information content (AvgIpc) is 3.18. The van der Waals surface area contributed by atoms with Crippen LogP contribution in [0.3, 0.4) is 0 Å². The van der Waals surface area contributed by atoms with E-state index in [1.54, 1.807) is 0 Å². The number of esters is 1. The lowest BCUT2D eigenvalue weighted by molar-refractivity contribution is -0.146. The molecule has 7 nitrogen and oxygen atoms in total. The third kappa shape index (κ3) is 13.5. The molecule has 0 radical (unpaired) electrons. The van der Waals surface area contributed by atoms with Crippen molar-refractivity contribution in [1.82, 2.24) is 9.80 Å². The van der Waals surface area contributed by atoms with Crippen molar-refractivity contribution in [1.29, 1.82) is 0 Å². The molecule has 1 saturated carbocycles. The van der Waals surface area contributed by atoms with Crippen molar-refractivity contribution in [3.8, 4) is 0 Å². The van der Waals surface area contributed by atoms with Crippen LogP contribution < -0.4 is 4.90 Å². The first-order valence-corrected chi connectivity index (χ1v) is 19.0. The Hall–Kier alpha value is -2.90. The van der Waals surface area contributed by atoms with E-state index in [4.69, 9.17) is 26.1 Å². The van der Waals surface area contributed by atoms with E-state index in [0.717, 1.165) is 61.1 Å². The quantitative estimate of drug-likeness (QED) is 0.112. The van der Waals surface area contributed by atoms with Gasteiger partial charge >= 0.3 is 5.97 Å². The van der Waals surface area contributed by atoms with E-state index in [0.29, 0.717) is 18.9 Å². The molecule has 1 saturated heterocycles. The summed E-state index contributed by atoms with van der Waals surface area (Å²) in [6.45, 7) is 8.48. The molecule has 0 unspecified atom stereocenters. The highest BCUT2D eigenvalue weighted by Crippen LogP contribution is 2.40. The van der Waals surface area contributed by atoms with Crippen LogP contribution in [0.1, 0.15) is 116 Å². The summed E-state index contributed by atoms with van der Waals surface area (Å²) in [5, 5.41) is 0.717. The van der Waals surface area contributed by atoms with Crippen molar-refractivity contribution in [2.45, 2.75) is 110 Å². The minimum Gasteiger partial charge on any atom is -0.465 e. The van der Waals surface area contributed by atoms with E-state index in [2.05, 4.69) is 60.0 Å². The van der Waals surface area contributed by atoms with Crippen LogP contribution in [0.15, 0.2) is 47.5 Å². The van der Waals surface area contributed by atoms with E-state index in [1.165, 1.54) is 102 Å². The van der Waals surface area contributed by atoms with Gasteiger partial charge in [0.15, 0.2) is 0 Å². The SMILES string of the molecule is CC=O.CCCCCCCCCCCCCC(=O)OCC1CCC1.CN1CCN(C2=Nc3cc(Cl)ccc3N(C)c3ccccc32)CC1. The molecule has 0 amide bonds. The Morgan fingerprint density at radius 3 is 2.08 bits per heavy atom. The number of anilines is 2. The normalized spacial score (nSPS) is 15.7. The number of rotatable bonds is 14. The molecule has 48 heavy (non-hydrogen) atoms. The molecule has 2 aliphatic heterocycles. The number of unbranched alkanes of at least 4 members (excludes halogenated alkanes) is 10. The number of aliphatic imine (C=N–C) groups is 1. The lowest BCUT2D eigenvalue weighted by Crippen LogP contribution is -2.47. The van der Waals surface area contributed by atoms with Crippen molar-refractivity contribution in [3.05, 3.63) is 53.1 Å². The number of hydrogen-bond donors (Lipinski definition) is 0. The second-order valence-electron chi connectivity index (χ2n) is 13.4. The van der Waals surface area contributed by atoms with Crippen LogP contribution in [0, 0.1) is 5.92 Å². The van der Waals surface area contributed by atoms with E-state index in [-0.39, 0.29) is 5.97 Å². The summed E-state index contributed by atoms with van der Waals surface area (Å²) >= 11 is 6.23. The third-order valence-corrected chi connectivity index (χ3v) is 9.76. The van der Waals surface area contributed by atoms with Gasteiger partial charge in [-0.2, -0.15) is 0 Å². The number of piperazine rings is 1. The Balaban J connectivity index is 0.000000243. The van der Waals surface area contributed by atoms with Crippen LogP contribution in [0.5, 0.6) is 0 Å². The van der Waals surface area contributed by atoms with E-state index >= 15 is 0 Å². The van der Waals surface area contributed by atoms with Gasteiger partial charge in [0.2, 0.25) is 0 Å². The monoisotopic (exact) mass is 680 g/mol. The number of hydrogen-bond acceptors (Lipinski definition) is 7. The number of halogens is 1. The molecule has 2 fully saturated rings. The average molecular weight is 681 g/mol. The summed E-state index contributed by atoms with van der Waals surface area (Å²) in [4.78, 5) is 32.3. The summed E-state index contributed by atoms with van der Waals surface area (Å²) in [5.74, 6) is 1.75. The highest BCUT2D eigenvalue weighted by atomic mass is 35.5. The molecule has 3 aliphatic rings. The zero-order valence-corrected chi connectivity index (χ0v) is 31.0. The predicted molar refractivity (Wildman–Crippen MR) is 202 cm³/mol. The van der Waals surface area contributed by atoms with Crippen LogP contribution in [0.25, 0.3) is 0 Å². The summed E-state index contributed by atoms with van der Waals surface area (Å²) < 4.78 is 5.30. The van der Waals surface area contributed by atoms with Gasteiger partial charge < -0.3 is 24.2 Å². The molecule has 2 aromatic carbocycles. The zero-order chi connectivity index (χ0) is 34.6. The smallest absolute Gasteiger partial charge is 0.305 e. The van der Waals surface area contributed by atoms with Crippen molar-refractivity contribution in [2.24, 2.45) is 10.9 Å². The number of carbonyl (C=O) groups excluding carboxylic acids is 2. The van der Waals surface area contributed by atoms with Gasteiger partial charge in [-0.1, -0.05) is 101 Å². The van der Waals surface area contributed by atoms with Crippen molar-refractivity contribution in [2.75, 3.05) is 51.8 Å². The molecule has 8 heteroatoms. The van der Waals surface area contributed by atoms with Crippen molar-refractivity contribution < 1.29 is 14.3 Å². The summed E-state index contributed by atoms with van der Waals surface area (Å²) in [7, 11) is 4.26. The van der Waals surface area contributed by atoms with Gasteiger partial charge in [-0.15, -0.1) is 0 Å². The topological polar surface area (TPSA) is 65.5 Å².